The Labute approximate surface area is 160 Å². The van der Waals surface area contributed by atoms with Crippen molar-refractivity contribution in [3.8, 4) is 6.07 Å². The van der Waals surface area contributed by atoms with Crippen molar-refractivity contribution in [1.82, 2.24) is 14.6 Å². The van der Waals surface area contributed by atoms with Crippen LogP contribution in [0.2, 0.25) is 0 Å². The number of carbonyl (C=O) groups is 1. The summed E-state index contributed by atoms with van der Waals surface area (Å²) in [5.41, 5.74) is 4.66. The van der Waals surface area contributed by atoms with Gasteiger partial charge in [-0.15, -0.1) is 0 Å². The molecule has 1 saturated heterocycles. The quantitative estimate of drug-likeness (QED) is 0.604. The zero-order valence-corrected chi connectivity index (χ0v) is 15.3. The van der Waals surface area contributed by atoms with Crippen molar-refractivity contribution in [1.29, 1.82) is 5.26 Å². The molecular formula is C17H21N5O6. The monoisotopic (exact) mass is 391 g/mol. The van der Waals surface area contributed by atoms with Crippen molar-refractivity contribution in [2.75, 3.05) is 12.3 Å². The molecule has 0 saturated carbocycles. The number of ether oxygens (including phenoxy) is 3. The number of nitrogens with zero attached hydrogens (tertiary/aromatic N) is 4. The van der Waals surface area contributed by atoms with Crippen LogP contribution in [0, 0.1) is 11.3 Å². The van der Waals surface area contributed by atoms with E-state index < -0.39 is 36.7 Å². The second-order valence-corrected chi connectivity index (χ2v) is 6.55. The van der Waals surface area contributed by atoms with Gasteiger partial charge in [0.25, 0.3) is 0 Å². The number of carbonyl (C=O) groups excluding carboxylic acids is 1. The highest BCUT2D eigenvalue weighted by atomic mass is 16.7. The maximum absolute atomic E-state index is 11.7. The summed E-state index contributed by atoms with van der Waals surface area (Å²) in [6, 6.07) is 5.01. The summed E-state index contributed by atoms with van der Waals surface area (Å²) in [6.07, 6.45) is -3.76. The zero-order valence-electron chi connectivity index (χ0n) is 15.3. The van der Waals surface area contributed by atoms with Gasteiger partial charge in [0, 0.05) is 0 Å². The number of hydrogen-bond donors (Lipinski definition) is 3. The molecule has 1 aliphatic heterocycles. The summed E-state index contributed by atoms with van der Waals surface area (Å²) < 4.78 is 17.0. The third kappa shape index (κ3) is 3.33. The number of aliphatic hydroxyl groups is 2. The highest BCUT2D eigenvalue weighted by molar-refractivity contribution is 5.65. The van der Waals surface area contributed by atoms with Gasteiger partial charge in [-0.05, 0) is 25.5 Å². The molecule has 0 amide bonds. The van der Waals surface area contributed by atoms with Gasteiger partial charge in [-0.1, -0.05) is 6.92 Å². The second kappa shape index (κ2) is 7.59. The number of nitrogens with two attached hydrogens (primary N) is 1. The standard InChI is InChI=1S/C17H21N5O6/c1-3-9(2)27-16(25)26-7-17(6-18)14(24)12(23)13(28-17)10-4-5-11-15(19)20-8-21-22(10)11/h4-5,8-9,12-14,23-24H,3,7H2,1-2H3,(H2,19,20,21)/t9-,12+,13+,14+,17-/m1/s1. The van der Waals surface area contributed by atoms with Gasteiger partial charge in [-0.25, -0.2) is 14.3 Å². The third-order valence-corrected chi connectivity index (χ3v) is 4.72. The number of fused-ring (bicyclic) bond motifs is 1. The summed E-state index contributed by atoms with van der Waals surface area (Å²) in [7, 11) is 0. The number of aromatic nitrogens is 3. The average molecular weight is 391 g/mol. The van der Waals surface area contributed by atoms with Crippen molar-refractivity contribution in [2.24, 2.45) is 0 Å². The molecule has 5 atom stereocenters. The van der Waals surface area contributed by atoms with Crippen molar-refractivity contribution >= 4 is 17.5 Å². The highest BCUT2D eigenvalue weighted by Gasteiger charge is 2.57. The molecule has 0 radical (unpaired) electrons. The first kappa shape index (κ1) is 19.8. The number of rotatable bonds is 5. The summed E-state index contributed by atoms with van der Waals surface area (Å²) in [6.45, 7) is 2.90. The highest BCUT2D eigenvalue weighted by Crippen LogP contribution is 2.40. The fraction of sp³-hybridized carbons (Fsp3) is 0.529. The fourth-order valence-corrected chi connectivity index (χ4v) is 2.92. The minimum Gasteiger partial charge on any atom is -0.431 e. The van der Waals surface area contributed by atoms with Gasteiger partial charge in [0.05, 0.1) is 5.69 Å². The van der Waals surface area contributed by atoms with Crippen molar-refractivity contribution in [3.05, 3.63) is 24.2 Å². The van der Waals surface area contributed by atoms with E-state index >= 15 is 0 Å². The Morgan fingerprint density at radius 3 is 2.96 bits per heavy atom. The molecule has 3 rings (SSSR count). The van der Waals surface area contributed by atoms with Crippen LogP contribution < -0.4 is 5.73 Å². The molecule has 1 aliphatic rings. The topological polar surface area (TPSA) is 165 Å². The van der Waals surface area contributed by atoms with Crippen LogP contribution >= 0.6 is 0 Å². The predicted molar refractivity (Wildman–Crippen MR) is 93.8 cm³/mol. The molecular weight excluding hydrogens is 370 g/mol. The van der Waals surface area contributed by atoms with Crippen LogP contribution in [0.3, 0.4) is 0 Å². The number of hydrogen-bond acceptors (Lipinski definition) is 10. The van der Waals surface area contributed by atoms with E-state index in [9.17, 15) is 20.3 Å². The molecule has 2 aromatic heterocycles. The Balaban J connectivity index is 1.82. The van der Waals surface area contributed by atoms with Gasteiger partial charge in [0.2, 0.25) is 5.60 Å². The largest absolute Gasteiger partial charge is 0.508 e. The second-order valence-electron chi connectivity index (χ2n) is 6.55. The number of aliphatic hydroxyl groups excluding tert-OH is 2. The molecule has 0 spiro atoms. The molecule has 1 fully saturated rings. The smallest absolute Gasteiger partial charge is 0.431 e. The Bertz CT molecular complexity index is 911. The molecule has 0 aliphatic carbocycles. The lowest BCUT2D eigenvalue weighted by atomic mass is 9.96. The molecule has 11 heteroatoms. The predicted octanol–water partition coefficient (Wildman–Crippen LogP) is 0.319. The minimum absolute atomic E-state index is 0.219. The molecule has 3 heterocycles. The maximum Gasteiger partial charge on any atom is 0.508 e. The Morgan fingerprint density at radius 2 is 2.29 bits per heavy atom. The molecule has 28 heavy (non-hydrogen) atoms. The van der Waals surface area contributed by atoms with E-state index in [-0.39, 0.29) is 11.9 Å². The third-order valence-electron chi connectivity index (χ3n) is 4.72. The Kier molecular flexibility index (Phi) is 5.37. The lowest BCUT2D eigenvalue weighted by Crippen LogP contribution is -2.46. The SMILES string of the molecule is CC[C@@H](C)OC(=O)OC[C@@]1(C#N)O[C@@H](c2ccc3c(N)ncnn23)[C@H](O)[C@@H]1O. The van der Waals surface area contributed by atoms with Gasteiger partial charge in [-0.3, -0.25) is 0 Å². The van der Waals surface area contributed by atoms with Crippen molar-refractivity contribution in [2.45, 2.75) is 50.3 Å². The van der Waals surface area contributed by atoms with Crippen LogP contribution in [0.25, 0.3) is 5.52 Å². The summed E-state index contributed by atoms with van der Waals surface area (Å²) in [5, 5.41) is 34.6. The Morgan fingerprint density at radius 1 is 1.54 bits per heavy atom. The van der Waals surface area contributed by atoms with Gasteiger partial charge >= 0.3 is 6.16 Å². The van der Waals surface area contributed by atoms with Crippen LogP contribution in [0.15, 0.2) is 18.5 Å². The van der Waals surface area contributed by atoms with E-state index in [0.29, 0.717) is 17.6 Å². The van der Waals surface area contributed by atoms with E-state index in [1.807, 2.05) is 6.92 Å². The molecule has 0 bridgehead atoms. The van der Waals surface area contributed by atoms with Crippen LogP contribution in [-0.2, 0) is 14.2 Å². The summed E-state index contributed by atoms with van der Waals surface area (Å²) in [4.78, 5) is 15.6. The molecule has 150 valence electrons. The van der Waals surface area contributed by atoms with Crippen molar-refractivity contribution < 1.29 is 29.2 Å². The van der Waals surface area contributed by atoms with Crippen molar-refractivity contribution in [3.63, 3.8) is 0 Å². The van der Waals surface area contributed by atoms with E-state index in [1.165, 1.54) is 10.8 Å². The number of nitrogen functional groups attached to an aromatic ring is 1. The first-order valence-corrected chi connectivity index (χ1v) is 8.69. The molecule has 2 aromatic rings. The lowest BCUT2D eigenvalue weighted by Gasteiger charge is -2.24. The number of anilines is 1. The summed E-state index contributed by atoms with van der Waals surface area (Å²) in [5.74, 6) is 0.219. The molecule has 0 aromatic carbocycles. The molecule has 0 unspecified atom stereocenters. The molecule has 11 nitrogen and oxygen atoms in total. The Hall–Kier alpha value is -2.94. The first-order valence-electron chi connectivity index (χ1n) is 8.69. The first-order chi connectivity index (χ1) is 13.3. The van der Waals surface area contributed by atoms with Gasteiger partial charge in [-0.2, -0.15) is 10.4 Å². The van der Waals surface area contributed by atoms with Crippen LogP contribution in [0.5, 0.6) is 0 Å². The minimum atomic E-state index is -1.97. The molecule has 4 N–H and O–H groups in total. The van der Waals surface area contributed by atoms with Crippen LogP contribution in [0.1, 0.15) is 32.1 Å². The zero-order chi connectivity index (χ0) is 20.5. The van der Waals surface area contributed by atoms with Gasteiger partial charge < -0.3 is 30.2 Å². The normalized spacial score (nSPS) is 28.0. The number of nitriles is 1. The van der Waals surface area contributed by atoms with Crippen LogP contribution in [-0.4, -0.2) is 61.5 Å². The summed E-state index contributed by atoms with van der Waals surface area (Å²) >= 11 is 0. The van der Waals surface area contributed by atoms with Gasteiger partial charge in [0.15, 0.2) is 5.82 Å². The average Bonchev–Trinajstić information content (AvgIpc) is 3.22. The van der Waals surface area contributed by atoms with E-state index in [2.05, 4.69) is 10.1 Å². The van der Waals surface area contributed by atoms with E-state index in [1.54, 1.807) is 25.1 Å². The van der Waals surface area contributed by atoms with Crippen LogP contribution in [0.4, 0.5) is 10.6 Å². The van der Waals surface area contributed by atoms with Gasteiger partial charge in [0.1, 0.15) is 48.9 Å². The lowest BCUT2D eigenvalue weighted by molar-refractivity contribution is -0.0883. The van der Waals surface area contributed by atoms with E-state index in [0.717, 1.165) is 0 Å². The fourth-order valence-electron chi connectivity index (χ4n) is 2.92. The maximum atomic E-state index is 11.7. The van der Waals surface area contributed by atoms with E-state index in [4.69, 9.17) is 19.9 Å².